The largest absolute Gasteiger partial charge is 0.369 e. The lowest BCUT2D eigenvalue weighted by Gasteiger charge is -2.27. The fourth-order valence-corrected chi connectivity index (χ4v) is 1.69. The van der Waals surface area contributed by atoms with Crippen molar-refractivity contribution in [2.45, 2.75) is 38.8 Å². The summed E-state index contributed by atoms with van der Waals surface area (Å²) in [7, 11) is 0. The summed E-state index contributed by atoms with van der Waals surface area (Å²) in [5, 5.41) is 36.4. The lowest BCUT2D eigenvalue weighted by atomic mass is 10.1. The predicted molar refractivity (Wildman–Crippen MR) is 98.0 cm³/mol. The van der Waals surface area contributed by atoms with Crippen molar-refractivity contribution in [3.63, 3.8) is 0 Å². The average Bonchev–Trinajstić information content (AvgIpc) is 2.49. The van der Waals surface area contributed by atoms with Crippen molar-refractivity contribution in [1.82, 2.24) is 21.3 Å². The smallest absolute Gasteiger partial charge is 0.209 e. The van der Waals surface area contributed by atoms with E-state index in [4.69, 9.17) is 27.3 Å². The molecule has 0 aromatic heterocycles. The molecule has 0 rings (SSSR count). The first-order chi connectivity index (χ1) is 12.0. The minimum atomic E-state index is -0.699. The second-order valence-corrected chi connectivity index (χ2v) is 6.41. The summed E-state index contributed by atoms with van der Waals surface area (Å²) in [6.07, 6.45) is 5.06. The highest BCUT2D eigenvalue weighted by Gasteiger charge is 2.20. The van der Waals surface area contributed by atoms with Crippen LogP contribution in [0.4, 0.5) is 0 Å². The third kappa shape index (κ3) is 10.1. The van der Waals surface area contributed by atoms with Crippen LogP contribution in [0.1, 0.15) is 27.7 Å². The zero-order chi connectivity index (χ0) is 20.2. The number of aliphatic imine (C=N–C) groups is 3. The molecule has 0 radical (unpaired) electrons. The Morgan fingerprint density at radius 2 is 1.62 bits per heavy atom. The first-order valence-electron chi connectivity index (χ1n) is 7.49. The summed E-state index contributed by atoms with van der Waals surface area (Å²) in [5.41, 5.74) is 9.84. The minimum absolute atomic E-state index is 0.0121. The second-order valence-electron chi connectivity index (χ2n) is 6.41. The average molecular weight is 360 g/mol. The lowest BCUT2D eigenvalue weighted by molar-refractivity contribution is 0.449. The molecule has 26 heavy (non-hydrogen) atoms. The molecule has 0 aliphatic carbocycles. The minimum Gasteiger partial charge on any atom is -0.369 e. The van der Waals surface area contributed by atoms with Crippen LogP contribution < -0.4 is 32.7 Å². The maximum absolute atomic E-state index is 8.86. The van der Waals surface area contributed by atoms with Gasteiger partial charge in [-0.05, 0) is 27.7 Å². The molecular weight excluding hydrogens is 336 g/mol. The molecule has 0 amide bonds. The number of nitriles is 3. The maximum atomic E-state index is 8.86. The van der Waals surface area contributed by atoms with Crippen molar-refractivity contribution in [3.05, 3.63) is 0 Å². The van der Waals surface area contributed by atoms with Gasteiger partial charge in [0.1, 0.15) is 0 Å². The Kier molecular flexibility index (Phi) is 8.75. The van der Waals surface area contributed by atoms with Gasteiger partial charge in [-0.25, -0.2) is 9.98 Å². The zero-order valence-electron chi connectivity index (χ0n) is 15.3. The summed E-state index contributed by atoms with van der Waals surface area (Å²) in [6.45, 7) is 7.72. The van der Waals surface area contributed by atoms with E-state index >= 15 is 0 Å². The molecular formula is C14H24N12. The van der Waals surface area contributed by atoms with E-state index in [9.17, 15) is 0 Å². The van der Waals surface area contributed by atoms with Gasteiger partial charge >= 0.3 is 0 Å². The highest BCUT2D eigenvalue weighted by Crippen LogP contribution is 2.09. The van der Waals surface area contributed by atoms with Crippen LogP contribution in [0.2, 0.25) is 0 Å². The van der Waals surface area contributed by atoms with E-state index in [1.54, 1.807) is 32.4 Å². The highest BCUT2D eigenvalue weighted by atomic mass is 15.2. The molecule has 140 valence electrons. The molecule has 0 fully saturated rings. The van der Waals surface area contributed by atoms with Crippen molar-refractivity contribution in [2.75, 3.05) is 13.1 Å². The van der Waals surface area contributed by atoms with E-state index in [0.717, 1.165) is 0 Å². The van der Waals surface area contributed by atoms with Crippen molar-refractivity contribution >= 4 is 17.9 Å². The number of nitrogens with zero attached hydrogens (tertiary/aromatic N) is 6. The van der Waals surface area contributed by atoms with Crippen LogP contribution in [0.15, 0.2) is 15.0 Å². The summed E-state index contributed by atoms with van der Waals surface area (Å²) < 4.78 is 0. The van der Waals surface area contributed by atoms with E-state index in [2.05, 4.69) is 36.2 Å². The van der Waals surface area contributed by atoms with E-state index in [1.807, 2.05) is 13.8 Å². The summed E-state index contributed by atoms with van der Waals surface area (Å²) in [5.74, 6) is 0.197. The fraction of sp³-hybridized carbons (Fsp3) is 0.571. The van der Waals surface area contributed by atoms with Crippen LogP contribution in [-0.4, -0.2) is 42.0 Å². The van der Waals surface area contributed by atoms with Gasteiger partial charge in [0.05, 0.1) is 17.6 Å². The Balaban J connectivity index is 4.99. The number of guanidine groups is 3. The van der Waals surface area contributed by atoms with Crippen LogP contribution in [0, 0.1) is 34.4 Å². The van der Waals surface area contributed by atoms with E-state index < -0.39 is 11.1 Å². The molecule has 0 saturated heterocycles. The molecule has 0 unspecified atom stereocenters. The normalized spacial score (nSPS) is 13.0. The van der Waals surface area contributed by atoms with Crippen molar-refractivity contribution < 1.29 is 0 Å². The van der Waals surface area contributed by atoms with E-state index in [0.29, 0.717) is 6.54 Å². The van der Waals surface area contributed by atoms with Crippen molar-refractivity contribution in [3.8, 4) is 18.6 Å². The monoisotopic (exact) mass is 360 g/mol. The summed E-state index contributed by atoms with van der Waals surface area (Å²) in [4.78, 5) is 11.8. The Morgan fingerprint density at radius 3 is 2.15 bits per heavy atom. The molecule has 0 aliphatic heterocycles. The third-order valence-corrected chi connectivity index (χ3v) is 2.74. The van der Waals surface area contributed by atoms with Gasteiger partial charge in [0, 0.05) is 6.54 Å². The molecule has 0 bridgehead atoms. The lowest BCUT2D eigenvalue weighted by Crippen LogP contribution is -2.54. The van der Waals surface area contributed by atoms with Crippen LogP contribution >= 0.6 is 0 Å². The SMILES string of the molecule is CC(C)(CN=C(NC#N)NCC(C)(C)NC(N)=NC#N)N=C(N)NC#N. The van der Waals surface area contributed by atoms with Gasteiger partial charge in [0.25, 0.3) is 0 Å². The summed E-state index contributed by atoms with van der Waals surface area (Å²) >= 11 is 0. The molecule has 0 aromatic carbocycles. The molecule has 12 nitrogen and oxygen atoms in total. The zero-order valence-corrected chi connectivity index (χ0v) is 15.3. The first kappa shape index (κ1) is 22.3. The Bertz CT molecular complexity index is 680. The number of nitrogens with one attached hydrogen (secondary N) is 4. The molecule has 0 aromatic rings. The number of nitrogens with two attached hydrogens (primary N) is 2. The maximum Gasteiger partial charge on any atom is 0.209 e. The topological polar surface area (TPSA) is 209 Å². The van der Waals surface area contributed by atoms with Gasteiger partial charge in [0.2, 0.25) is 24.1 Å². The first-order valence-corrected chi connectivity index (χ1v) is 7.49. The van der Waals surface area contributed by atoms with Crippen molar-refractivity contribution in [2.24, 2.45) is 26.4 Å². The van der Waals surface area contributed by atoms with E-state index in [-0.39, 0.29) is 24.4 Å². The number of hydrogen-bond acceptors (Lipinski definition) is 6. The molecule has 0 saturated carbocycles. The van der Waals surface area contributed by atoms with Crippen molar-refractivity contribution in [1.29, 1.82) is 15.8 Å². The molecule has 0 aliphatic rings. The molecule has 0 spiro atoms. The van der Waals surface area contributed by atoms with Crippen LogP contribution in [-0.2, 0) is 0 Å². The van der Waals surface area contributed by atoms with Crippen LogP contribution in [0.3, 0.4) is 0 Å². The standard InChI is InChI=1S/C14H24N12/c1-13(2,25-10(18)22-7-15)5-20-12(24-9-17)21-6-14(3,4)26-11(19)23-8-16/h5-6H2,1-4H3,(H3,18,22,25)(H3,19,23,26)(H2,20,21,24). The van der Waals surface area contributed by atoms with Gasteiger partial charge in [-0.2, -0.15) is 15.8 Å². The predicted octanol–water partition coefficient (Wildman–Crippen LogP) is -1.67. The summed E-state index contributed by atoms with van der Waals surface area (Å²) in [6, 6.07) is 0. The Labute approximate surface area is 152 Å². The fourth-order valence-electron chi connectivity index (χ4n) is 1.69. The van der Waals surface area contributed by atoms with E-state index in [1.165, 1.54) is 0 Å². The second kappa shape index (κ2) is 10.2. The Hall–Kier alpha value is -3.72. The van der Waals surface area contributed by atoms with Gasteiger partial charge in [-0.3, -0.25) is 10.6 Å². The van der Waals surface area contributed by atoms with Gasteiger partial charge < -0.3 is 22.1 Å². The number of hydrogen-bond donors (Lipinski definition) is 6. The van der Waals surface area contributed by atoms with Crippen LogP contribution in [0.5, 0.6) is 0 Å². The quantitative estimate of drug-likeness (QED) is 0.138. The molecule has 0 heterocycles. The van der Waals surface area contributed by atoms with Gasteiger partial charge in [0.15, 0.2) is 12.4 Å². The Morgan fingerprint density at radius 1 is 1.00 bits per heavy atom. The molecule has 0 atom stereocenters. The van der Waals surface area contributed by atoms with Gasteiger partial charge in [-0.1, -0.05) is 0 Å². The van der Waals surface area contributed by atoms with Crippen LogP contribution in [0.25, 0.3) is 0 Å². The molecule has 12 heteroatoms. The van der Waals surface area contributed by atoms with Gasteiger partial charge in [-0.15, -0.1) is 4.99 Å². The number of rotatable bonds is 6. The third-order valence-electron chi connectivity index (χ3n) is 2.74. The highest BCUT2D eigenvalue weighted by molar-refractivity contribution is 5.82. The molecule has 8 N–H and O–H groups in total.